The van der Waals surface area contributed by atoms with Crippen molar-refractivity contribution >= 4 is 5.97 Å². The quantitative estimate of drug-likeness (QED) is 0.833. The Labute approximate surface area is 106 Å². The van der Waals surface area contributed by atoms with Gasteiger partial charge in [-0.25, -0.2) is 4.39 Å². The molecular weight excluding hydrogens is 266 g/mol. The van der Waals surface area contributed by atoms with E-state index in [1.807, 2.05) is 0 Å². The molecule has 1 aromatic carbocycles. The van der Waals surface area contributed by atoms with Crippen LogP contribution in [0.2, 0.25) is 0 Å². The number of aliphatic carboxylic acids is 1. The number of halogens is 4. The Morgan fingerprint density at radius 2 is 1.95 bits per heavy atom. The molecule has 2 rings (SSSR count). The van der Waals surface area contributed by atoms with Gasteiger partial charge in [0.05, 0.1) is 5.56 Å². The molecule has 0 bridgehead atoms. The Hall–Kier alpha value is -1.63. The van der Waals surface area contributed by atoms with Crippen molar-refractivity contribution in [3.05, 3.63) is 35.1 Å². The molecule has 1 unspecified atom stereocenters. The molecule has 1 fully saturated rings. The molecule has 7 heteroatoms. The summed E-state index contributed by atoms with van der Waals surface area (Å²) in [6, 6.07) is 0.586. The monoisotopic (exact) mass is 277 g/mol. The third-order valence-corrected chi connectivity index (χ3v) is 3.47. The number of carboxylic acid groups (broad SMARTS) is 1. The van der Waals surface area contributed by atoms with Gasteiger partial charge < -0.3 is 10.8 Å². The summed E-state index contributed by atoms with van der Waals surface area (Å²) in [5.41, 5.74) is 2.75. The van der Waals surface area contributed by atoms with Gasteiger partial charge in [0.25, 0.3) is 0 Å². The highest BCUT2D eigenvalue weighted by Gasteiger charge is 2.55. The van der Waals surface area contributed by atoms with E-state index in [2.05, 4.69) is 0 Å². The van der Waals surface area contributed by atoms with Crippen molar-refractivity contribution < 1.29 is 27.5 Å². The molecule has 1 aromatic rings. The van der Waals surface area contributed by atoms with E-state index in [1.54, 1.807) is 0 Å². The maximum Gasteiger partial charge on any atom is 0.416 e. The van der Waals surface area contributed by atoms with E-state index in [0.29, 0.717) is 12.1 Å². The largest absolute Gasteiger partial charge is 0.480 e. The maximum atomic E-state index is 13.2. The zero-order chi connectivity index (χ0) is 14.4. The van der Waals surface area contributed by atoms with Gasteiger partial charge in [-0.05, 0) is 36.6 Å². The fraction of sp³-hybridized carbons (Fsp3) is 0.417. The van der Waals surface area contributed by atoms with Gasteiger partial charge in [0.15, 0.2) is 0 Å². The highest BCUT2D eigenvalue weighted by molar-refractivity contribution is 5.77. The van der Waals surface area contributed by atoms with Gasteiger partial charge in [-0.15, -0.1) is 0 Å². The lowest BCUT2D eigenvalue weighted by molar-refractivity contribution is -0.142. The van der Waals surface area contributed by atoms with Crippen molar-refractivity contribution in [3.8, 4) is 0 Å². The van der Waals surface area contributed by atoms with Crippen LogP contribution in [-0.2, 0) is 16.4 Å². The van der Waals surface area contributed by atoms with Gasteiger partial charge >= 0.3 is 12.1 Å². The normalized spacial score (nSPS) is 19.0. The standard InChI is InChI=1S/C12H11F4NO2/c13-6-1-2-7(12(14,15)16)8(5-6)11(3-4-11)9(17)10(18)19/h1-2,5,9H,3-4,17H2,(H,18,19). The molecule has 1 saturated carbocycles. The van der Waals surface area contributed by atoms with Crippen LogP contribution in [0, 0.1) is 5.82 Å². The third kappa shape index (κ3) is 2.30. The van der Waals surface area contributed by atoms with E-state index in [9.17, 15) is 22.4 Å². The summed E-state index contributed by atoms with van der Waals surface area (Å²) >= 11 is 0. The fourth-order valence-corrected chi connectivity index (χ4v) is 2.29. The second-order valence-electron chi connectivity index (χ2n) is 4.66. The van der Waals surface area contributed by atoms with Crippen molar-refractivity contribution in [1.82, 2.24) is 0 Å². The number of carbonyl (C=O) groups is 1. The number of carboxylic acids is 1. The zero-order valence-corrected chi connectivity index (χ0v) is 9.67. The van der Waals surface area contributed by atoms with Crippen molar-refractivity contribution in [2.75, 3.05) is 0 Å². The first kappa shape index (κ1) is 13.8. The lowest BCUT2D eigenvalue weighted by atomic mass is 9.85. The molecule has 3 nitrogen and oxygen atoms in total. The molecule has 0 saturated heterocycles. The minimum atomic E-state index is -4.67. The highest BCUT2D eigenvalue weighted by Crippen LogP contribution is 2.53. The molecule has 0 spiro atoms. The number of hydrogen-bond donors (Lipinski definition) is 2. The van der Waals surface area contributed by atoms with Crippen molar-refractivity contribution in [2.24, 2.45) is 5.73 Å². The number of rotatable bonds is 3. The molecule has 0 aromatic heterocycles. The van der Waals surface area contributed by atoms with Crippen LogP contribution in [-0.4, -0.2) is 17.1 Å². The Kier molecular flexibility index (Phi) is 3.04. The number of hydrogen-bond acceptors (Lipinski definition) is 2. The van der Waals surface area contributed by atoms with Crippen LogP contribution in [0.4, 0.5) is 17.6 Å². The van der Waals surface area contributed by atoms with E-state index < -0.39 is 35.0 Å². The van der Waals surface area contributed by atoms with Gasteiger partial charge in [0, 0.05) is 5.41 Å². The first-order valence-electron chi connectivity index (χ1n) is 5.54. The van der Waals surface area contributed by atoms with Crippen LogP contribution < -0.4 is 5.73 Å². The van der Waals surface area contributed by atoms with Crippen molar-refractivity contribution in [2.45, 2.75) is 30.5 Å². The van der Waals surface area contributed by atoms with E-state index in [1.165, 1.54) is 0 Å². The van der Waals surface area contributed by atoms with Crippen LogP contribution in [0.5, 0.6) is 0 Å². The van der Waals surface area contributed by atoms with Crippen molar-refractivity contribution in [3.63, 3.8) is 0 Å². The first-order valence-corrected chi connectivity index (χ1v) is 5.54. The fourth-order valence-electron chi connectivity index (χ4n) is 2.29. The van der Waals surface area contributed by atoms with Crippen molar-refractivity contribution in [1.29, 1.82) is 0 Å². The summed E-state index contributed by atoms with van der Waals surface area (Å²) in [5, 5.41) is 8.88. The summed E-state index contributed by atoms with van der Waals surface area (Å²) in [7, 11) is 0. The maximum absolute atomic E-state index is 13.2. The van der Waals surface area contributed by atoms with Gasteiger partial charge in [-0.1, -0.05) is 0 Å². The Balaban J connectivity index is 2.56. The summed E-state index contributed by atoms with van der Waals surface area (Å²) in [4.78, 5) is 10.9. The second-order valence-corrected chi connectivity index (χ2v) is 4.66. The number of benzene rings is 1. The zero-order valence-electron chi connectivity index (χ0n) is 9.67. The van der Waals surface area contributed by atoms with Crippen LogP contribution in [0.15, 0.2) is 18.2 Å². The average molecular weight is 277 g/mol. The molecular formula is C12H11F4NO2. The Morgan fingerprint density at radius 1 is 1.37 bits per heavy atom. The molecule has 0 radical (unpaired) electrons. The predicted octanol–water partition coefficient (Wildman–Crippen LogP) is 2.29. The second kappa shape index (κ2) is 4.19. The summed E-state index contributed by atoms with van der Waals surface area (Å²) in [5.74, 6) is -2.23. The molecule has 3 N–H and O–H groups in total. The van der Waals surface area contributed by atoms with E-state index >= 15 is 0 Å². The highest BCUT2D eigenvalue weighted by atomic mass is 19.4. The lowest BCUT2D eigenvalue weighted by Gasteiger charge is -2.24. The van der Waals surface area contributed by atoms with Gasteiger partial charge in [-0.2, -0.15) is 13.2 Å². The van der Waals surface area contributed by atoms with E-state index in [-0.39, 0.29) is 18.4 Å². The number of nitrogens with two attached hydrogens (primary N) is 1. The molecule has 0 amide bonds. The average Bonchev–Trinajstić information content (AvgIpc) is 3.07. The Bertz CT molecular complexity index is 523. The third-order valence-electron chi connectivity index (χ3n) is 3.47. The first-order chi connectivity index (χ1) is 8.68. The molecule has 1 aliphatic rings. The molecule has 104 valence electrons. The van der Waals surface area contributed by atoms with E-state index in [0.717, 1.165) is 6.07 Å². The summed E-state index contributed by atoms with van der Waals surface area (Å²) in [6.07, 6.45) is -4.27. The lowest BCUT2D eigenvalue weighted by Crippen LogP contribution is -2.42. The molecule has 0 aliphatic heterocycles. The number of alkyl halides is 3. The minimum Gasteiger partial charge on any atom is -0.480 e. The summed E-state index contributed by atoms with van der Waals surface area (Å²) in [6.45, 7) is 0. The van der Waals surface area contributed by atoms with E-state index in [4.69, 9.17) is 10.8 Å². The van der Waals surface area contributed by atoms with Crippen LogP contribution >= 0.6 is 0 Å². The summed E-state index contributed by atoms with van der Waals surface area (Å²) < 4.78 is 51.9. The molecule has 0 heterocycles. The smallest absolute Gasteiger partial charge is 0.416 e. The Morgan fingerprint density at radius 3 is 2.37 bits per heavy atom. The predicted molar refractivity (Wildman–Crippen MR) is 57.9 cm³/mol. The molecule has 1 aliphatic carbocycles. The van der Waals surface area contributed by atoms with Crippen LogP contribution in [0.1, 0.15) is 24.0 Å². The SMILES string of the molecule is NC(C(=O)O)C1(c2cc(F)ccc2C(F)(F)F)CC1. The van der Waals surface area contributed by atoms with Gasteiger partial charge in [0.1, 0.15) is 11.9 Å². The minimum absolute atomic E-state index is 0.201. The molecule has 1 atom stereocenters. The van der Waals surface area contributed by atoms with Crippen LogP contribution in [0.25, 0.3) is 0 Å². The van der Waals surface area contributed by atoms with Gasteiger partial charge in [-0.3, -0.25) is 4.79 Å². The molecule has 19 heavy (non-hydrogen) atoms. The van der Waals surface area contributed by atoms with Crippen LogP contribution in [0.3, 0.4) is 0 Å². The topological polar surface area (TPSA) is 63.3 Å². The van der Waals surface area contributed by atoms with Gasteiger partial charge in [0.2, 0.25) is 0 Å².